The lowest BCUT2D eigenvalue weighted by Crippen LogP contribution is -2.59. The van der Waals surface area contributed by atoms with E-state index in [0.717, 1.165) is 38.5 Å². The summed E-state index contributed by atoms with van der Waals surface area (Å²) in [4.78, 5) is 12.8. The molecule has 0 amide bonds. The minimum Gasteiger partial charge on any atom is -0.457 e. The zero-order chi connectivity index (χ0) is 42.2. The molecule has 6 unspecified atom stereocenters. The Morgan fingerprint density at radius 2 is 1.00 bits per heavy atom. The number of rotatable bonds is 42. The van der Waals surface area contributed by atoms with Crippen molar-refractivity contribution in [3.8, 4) is 0 Å². The summed E-state index contributed by atoms with van der Waals surface area (Å²) in [7, 11) is 0. The van der Waals surface area contributed by atoms with Crippen molar-refractivity contribution in [1.82, 2.24) is 0 Å². The minimum atomic E-state index is -1.53. The van der Waals surface area contributed by atoms with E-state index in [1.54, 1.807) is 0 Å². The van der Waals surface area contributed by atoms with E-state index in [1.165, 1.54) is 161 Å². The Bertz CT molecular complexity index is 941. The number of carbonyl (C=O) groups is 1. The summed E-state index contributed by atoms with van der Waals surface area (Å²) in [6.07, 6.45) is 40.6. The van der Waals surface area contributed by atoms with E-state index in [4.69, 9.17) is 18.9 Å². The van der Waals surface area contributed by atoms with Gasteiger partial charge in [-0.3, -0.25) is 4.79 Å². The molecule has 0 spiro atoms. The molecule has 1 fully saturated rings. The summed E-state index contributed by atoms with van der Waals surface area (Å²) in [6.45, 7) is 4.57. The molecular formula is C49H92O9. The Morgan fingerprint density at radius 1 is 0.552 bits per heavy atom. The van der Waals surface area contributed by atoms with Crippen LogP contribution in [0.3, 0.4) is 0 Å². The highest BCUT2D eigenvalue weighted by atomic mass is 16.7. The number of aliphatic hydroxyl groups excluding tert-OH is 4. The normalized spacial score (nSPS) is 20.4. The first-order valence-corrected chi connectivity index (χ1v) is 24.4. The lowest BCUT2D eigenvalue weighted by Gasteiger charge is -2.39. The van der Waals surface area contributed by atoms with E-state index in [0.29, 0.717) is 13.0 Å². The molecule has 1 aliphatic heterocycles. The van der Waals surface area contributed by atoms with Crippen molar-refractivity contribution in [1.29, 1.82) is 0 Å². The van der Waals surface area contributed by atoms with Gasteiger partial charge >= 0.3 is 5.97 Å². The Balaban J connectivity index is 2.18. The molecule has 9 nitrogen and oxygen atoms in total. The van der Waals surface area contributed by atoms with E-state index >= 15 is 0 Å². The lowest BCUT2D eigenvalue weighted by atomic mass is 9.99. The molecule has 4 N–H and O–H groups in total. The number of allylic oxidation sites excluding steroid dienone is 4. The van der Waals surface area contributed by atoms with Gasteiger partial charge in [-0.25, -0.2) is 0 Å². The fraction of sp³-hybridized carbons (Fsp3) is 0.898. The second-order valence-corrected chi connectivity index (χ2v) is 16.9. The first kappa shape index (κ1) is 54.7. The highest BCUT2D eigenvalue weighted by molar-refractivity contribution is 5.69. The van der Waals surface area contributed by atoms with Crippen molar-refractivity contribution < 1.29 is 44.2 Å². The van der Waals surface area contributed by atoms with Crippen LogP contribution in [0.25, 0.3) is 0 Å². The third kappa shape index (κ3) is 31.5. The molecule has 1 saturated heterocycles. The zero-order valence-corrected chi connectivity index (χ0v) is 37.6. The Kier molecular flexibility index (Phi) is 38.7. The van der Waals surface area contributed by atoms with Gasteiger partial charge in [-0.15, -0.1) is 0 Å². The number of aliphatic hydroxyl groups is 4. The summed E-state index contributed by atoms with van der Waals surface area (Å²) >= 11 is 0. The topological polar surface area (TPSA) is 135 Å². The van der Waals surface area contributed by atoms with E-state index < -0.39 is 43.4 Å². The second kappa shape index (κ2) is 41.0. The maximum absolute atomic E-state index is 12.8. The second-order valence-electron chi connectivity index (χ2n) is 16.9. The van der Waals surface area contributed by atoms with Crippen LogP contribution in [-0.4, -0.2) is 89.6 Å². The standard InChI is InChI=1S/C49H92O9/c1-3-5-7-9-11-13-15-17-18-19-20-21-22-23-24-25-26-27-28-30-32-34-36-38-45(51)57-43(42-56-49-48(54)47(53)46(52)44(40-50)58-49)41-55-39-37-35-33-31-29-16-14-12-10-8-6-4-2/h15,17,19-20,43-44,46-50,52-54H,3-14,16,18,21-42H2,1-2H3/b17-15-,20-19-. The number of esters is 1. The highest BCUT2D eigenvalue weighted by Gasteiger charge is 2.44. The van der Waals surface area contributed by atoms with Gasteiger partial charge in [-0.05, 0) is 44.9 Å². The monoisotopic (exact) mass is 825 g/mol. The van der Waals surface area contributed by atoms with Crippen molar-refractivity contribution in [2.45, 2.75) is 256 Å². The van der Waals surface area contributed by atoms with E-state index in [2.05, 4.69) is 38.2 Å². The quantitative estimate of drug-likeness (QED) is 0.0269. The molecule has 0 aromatic heterocycles. The van der Waals surface area contributed by atoms with Gasteiger partial charge in [0.05, 0.1) is 19.8 Å². The van der Waals surface area contributed by atoms with Gasteiger partial charge in [0.25, 0.3) is 0 Å². The molecular weight excluding hydrogens is 733 g/mol. The molecule has 1 heterocycles. The van der Waals surface area contributed by atoms with Crippen molar-refractivity contribution in [2.75, 3.05) is 26.4 Å². The molecule has 0 saturated carbocycles. The number of ether oxygens (including phenoxy) is 4. The number of carbonyl (C=O) groups excluding carboxylic acids is 1. The first-order valence-electron chi connectivity index (χ1n) is 24.4. The van der Waals surface area contributed by atoms with E-state index in [-0.39, 0.29) is 19.2 Å². The molecule has 0 bridgehead atoms. The van der Waals surface area contributed by atoms with Crippen molar-refractivity contribution >= 4 is 5.97 Å². The maximum atomic E-state index is 12.8. The molecule has 0 aromatic carbocycles. The third-order valence-corrected chi connectivity index (χ3v) is 11.4. The molecule has 58 heavy (non-hydrogen) atoms. The highest BCUT2D eigenvalue weighted by Crippen LogP contribution is 2.23. The Labute approximate surface area is 356 Å². The Hall–Kier alpha value is -1.33. The van der Waals surface area contributed by atoms with Gasteiger partial charge in [-0.1, -0.05) is 192 Å². The average molecular weight is 825 g/mol. The van der Waals surface area contributed by atoms with Crippen LogP contribution in [0.2, 0.25) is 0 Å². The van der Waals surface area contributed by atoms with Gasteiger partial charge in [-0.2, -0.15) is 0 Å². The van der Waals surface area contributed by atoms with Crippen LogP contribution < -0.4 is 0 Å². The number of hydrogen-bond acceptors (Lipinski definition) is 9. The van der Waals surface area contributed by atoms with Gasteiger partial charge < -0.3 is 39.4 Å². The lowest BCUT2D eigenvalue weighted by molar-refractivity contribution is -0.305. The summed E-state index contributed by atoms with van der Waals surface area (Å²) in [5, 5.41) is 40.1. The van der Waals surface area contributed by atoms with Crippen molar-refractivity contribution in [3.05, 3.63) is 24.3 Å². The predicted molar refractivity (Wildman–Crippen MR) is 238 cm³/mol. The SMILES string of the molecule is CCCCCCC/C=C\C/C=C\CCCCCCCCCCCCCC(=O)OC(COCCCCCCCCCCCCCC)COC1OC(CO)C(O)C(O)C1O. The fourth-order valence-corrected chi connectivity index (χ4v) is 7.52. The number of unbranched alkanes of at least 4 members (excludes halogenated alkanes) is 27. The van der Waals surface area contributed by atoms with Crippen LogP contribution in [0.15, 0.2) is 24.3 Å². The Morgan fingerprint density at radius 3 is 1.48 bits per heavy atom. The van der Waals surface area contributed by atoms with Crippen LogP contribution in [0.1, 0.15) is 219 Å². The van der Waals surface area contributed by atoms with Crippen LogP contribution in [-0.2, 0) is 23.7 Å². The predicted octanol–water partition coefficient (Wildman–Crippen LogP) is 11.4. The van der Waals surface area contributed by atoms with Crippen molar-refractivity contribution in [3.63, 3.8) is 0 Å². The summed E-state index contributed by atoms with van der Waals surface area (Å²) in [5.74, 6) is -0.313. The largest absolute Gasteiger partial charge is 0.457 e. The molecule has 0 radical (unpaired) electrons. The smallest absolute Gasteiger partial charge is 0.306 e. The van der Waals surface area contributed by atoms with E-state index in [9.17, 15) is 25.2 Å². The molecule has 342 valence electrons. The van der Waals surface area contributed by atoms with Gasteiger partial charge in [0, 0.05) is 13.0 Å². The molecule has 1 aliphatic rings. The molecule has 9 heteroatoms. The van der Waals surface area contributed by atoms with Crippen molar-refractivity contribution in [2.24, 2.45) is 0 Å². The van der Waals surface area contributed by atoms with Crippen LogP contribution in [0.5, 0.6) is 0 Å². The zero-order valence-electron chi connectivity index (χ0n) is 37.6. The fourth-order valence-electron chi connectivity index (χ4n) is 7.52. The summed E-state index contributed by atoms with van der Waals surface area (Å²) in [5.41, 5.74) is 0. The summed E-state index contributed by atoms with van der Waals surface area (Å²) in [6, 6.07) is 0. The van der Waals surface area contributed by atoms with Crippen LogP contribution in [0, 0.1) is 0 Å². The van der Waals surface area contributed by atoms with E-state index in [1.807, 2.05) is 0 Å². The van der Waals surface area contributed by atoms with Crippen LogP contribution >= 0.6 is 0 Å². The van der Waals surface area contributed by atoms with Gasteiger partial charge in [0.15, 0.2) is 6.29 Å². The van der Waals surface area contributed by atoms with Gasteiger partial charge in [0.2, 0.25) is 0 Å². The molecule has 0 aliphatic carbocycles. The van der Waals surface area contributed by atoms with Gasteiger partial charge in [0.1, 0.15) is 30.5 Å². The minimum absolute atomic E-state index is 0.110. The molecule has 1 rings (SSSR count). The molecule has 0 aromatic rings. The summed E-state index contributed by atoms with van der Waals surface area (Å²) < 4.78 is 22.8. The molecule has 6 atom stereocenters. The van der Waals surface area contributed by atoms with Crippen LogP contribution in [0.4, 0.5) is 0 Å². The number of hydrogen-bond donors (Lipinski definition) is 4. The maximum Gasteiger partial charge on any atom is 0.306 e. The first-order chi connectivity index (χ1) is 28.4. The average Bonchev–Trinajstić information content (AvgIpc) is 3.22. The third-order valence-electron chi connectivity index (χ3n) is 11.4.